The van der Waals surface area contributed by atoms with E-state index < -0.39 is 338 Å². The van der Waals surface area contributed by atoms with Gasteiger partial charge in [0.05, 0.1) is 96.8 Å². The van der Waals surface area contributed by atoms with Gasteiger partial charge in [-0.1, -0.05) is 389 Å². The van der Waals surface area contributed by atoms with Crippen LogP contribution in [0.5, 0.6) is 0 Å². The van der Waals surface area contributed by atoms with Crippen molar-refractivity contribution in [2.24, 2.45) is 0 Å². The molecule has 2 aliphatic heterocycles. The third kappa shape index (κ3) is 15.5. The highest BCUT2D eigenvalue weighted by atomic mass is 15.2. The molecule has 5 nitrogen and oxygen atoms in total. The van der Waals surface area contributed by atoms with Gasteiger partial charge < -0.3 is 23.5 Å². The first kappa shape index (κ1) is 59.4. The van der Waals surface area contributed by atoms with Crippen molar-refractivity contribution in [2.75, 3.05) is 9.80 Å². The summed E-state index contributed by atoms with van der Waals surface area (Å²) >= 11 is 0. The minimum Gasteiger partial charge on any atom is -0.310 e. The van der Waals surface area contributed by atoms with Gasteiger partial charge in [0.25, 0.3) is 6.71 Å². The molecule has 2 aliphatic rings. The van der Waals surface area contributed by atoms with E-state index in [1.807, 2.05) is 42.5 Å². The van der Waals surface area contributed by atoms with Gasteiger partial charge in [0.15, 0.2) is 0 Å². The van der Waals surface area contributed by atoms with Crippen molar-refractivity contribution in [1.29, 1.82) is 0 Å². The number of para-hydroxylation sites is 4. The Hall–Kier alpha value is -12.6. The predicted molar refractivity (Wildman–Crippen MR) is 592 cm³/mol. The van der Waals surface area contributed by atoms with Crippen molar-refractivity contribution in [3.8, 4) is 61.6 Å². The Morgan fingerprint density at radius 3 is 0.882 bits per heavy atom. The third-order valence-corrected chi connectivity index (χ3v) is 26.6. The lowest BCUT2D eigenvalue weighted by atomic mass is 9.33. The van der Waals surface area contributed by atoms with Crippen LogP contribution in [0.1, 0.15) is 310 Å². The largest absolute Gasteiger partial charge is 0.310 e. The van der Waals surface area contributed by atoms with Crippen LogP contribution in [-0.4, -0.2) is 20.4 Å². The first-order chi connectivity index (χ1) is 78.0. The number of fused-ring (bicyclic) bond motifs is 13. The number of aromatic nitrogens is 3. The van der Waals surface area contributed by atoms with Crippen LogP contribution in [-0.2, 0) is 54.1 Å². The molecular formula is C130H138BN5. The molecule has 18 aromatic rings. The Kier molecular flexibility index (Phi) is 13.7. The average molecular weight is 1820 g/mol. The van der Waals surface area contributed by atoms with Crippen molar-refractivity contribution in [2.45, 2.75) is 262 Å². The summed E-state index contributed by atoms with van der Waals surface area (Å²) < 4.78 is 368. The lowest BCUT2D eigenvalue weighted by molar-refractivity contribution is 0.568. The van der Waals surface area contributed by atoms with E-state index in [9.17, 15) is 46.6 Å². The van der Waals surface area contributed by atoms with E-state index in [1.165, 1.54) is 38.3 Å². The summed E-state index contributed by atoms with van der Waals surface area (Å²) in [5.41, 5.74) is -16.5. The van der Waals surface area contributed by atoms with E-state index in [-0.39, 0.29) is 123 Å². The number of rotatable bonds is 9. The second kappa shape index (κ2) is 31.5. The minimum atomic E-state index is -1.60. The van der Waals surface area contributed by atoms with Crippen LogP contribution in [0.25, 0.3) is 127 Å². The fraction of sp³-hybridized carbons (Fsp3) is 0.308. The number of benzene rings is 15. The molecule has 0 bridgehead atoms. The molecule has 136 heavy (non-hydrogen) atoms. The Bertz CT molecular complexity index is 9800. The summed E-state index contributed by atoms with van der Waals surface area (Å²) in [5, 5.41) is -0.168. The standard InChI is InChI=1S/C130H138BN5/c1-121(2,3)82-51-47-79(48-52-82)99-70-89(128(22,23)24)72-101(81-65-87(126(16,17)18)67-88(66-81)127(19,20)21)119(99)135-114-75-91(132-108-43-35-31-39-95(108)96-40-32-36-44-109(96)132)58-61-106(114)131-107-62-59-92(133-112-63-56-84(123(7,8)9)68-102(112)103-69-85(124(10,11)12)57-64-113(103)133)76-115(107)136(117-78-93(77-116(135)118(117)131)134-110-45-37-33-41-97(110)98-42-34-38-46-111(98)134)120-100(80-49-53-83(54-50-80)122(4,5)6)71-90(129(25,26)27)73-104(120)94-60-55-86(125(13,14)15)74-105(94)130(28,29)30/h31-78H,1-30H3/i31D,32D,33D,34D,35D,36D,37D,38D,39D,40D,41D,42D,43D,44D,45D,46D,47D,48D,49D,50D,51D,52D,53D,54D,55D,60D,65D,66D,67D,70D,71D,72D,73D,74D. The molecule has 0 fully saturated rings. The first-order valence-electron chi connectivity index (χ1n) is 64.1. The van der Waals surface area contributed by atoms with Crippen molar-refractivity contribution in [1.82, 2.24) is 13.7 Å². The van der Waals surface area contributed by atoms with Crippen molar-refractivity contribution >= 4 is 123 Å². The fourth-order valence-corrected chi connectivity index (χ4v) is 18.9. The van der Waals surface area contributed by atoms with Gasteiger partial charge in [-0.3, -0.25) is 0 Å². The molecule has 0 amide bonds. The van der Waals surface area contributed by atoms with Crippen LogP contribution < -0.4 is 26.2 Å². The summed E-state index contributed by atoms with van der Waals surface area (Å²) in [6.45, 7) is 52.8. The molecule has 0 radical (unpaired) electrons. The number of hydrogen-bond acceptors (Lipinski definition) is 2. The highest BCUT2D eigenvalue weighted by Crippen LogP contribution is 2.58. The van der Waals surface area contributed by atoms with E-state index >= 15 is 0 Å². The Morgan fingerprint density at radius 1 is 0.213 bits per heavy atom. The molecule has 0 saturated heterocycles. The van der Waals surface area contributed by atoms with E-state index in [2.05, 4.69) is 58.2 Å². The van der Waals surface area contributed by atoms with Gasteiger partial charge in [-0.15, -0.1) is 0 Å². The number of nitrogens with zero attached hydrogens (tertiary/aromatic N) is 5. The summed E-state index contributed by atoms with van der Waals surface area (Å²) in [6.07, 6.45) is 0. The van der Waals surface area contributed by atoms with E-state index in [4.69, 9.17) is 0 Å². The van der Waals surface area contributed by atoms with Gasteiger partial charge in [-0.25, -0.2) is 0 Å². The molecule has 20 rings (SSSR count). The van der Waals surface area contributed by atoms with E-state index in [0.29, 0.717) is 16.7 Å². The molecule has 0 atom stereocenters. The van der Waals surface area contributed by atoms with Gasteiger partial charge in [-0.05, 0) is 257 Å². The lowest BCUT2D eigenvalue weighted by Crippen LogP contribution is -2.61. The van der Waals surface area contributed by atoms with Crippen LogP contribution in [0.15, 0.2) is 290 Å². The first-order valence-corrected chi connectivity index (χ1v) is 47.1. The van der Waals surface area contributed by atoms with E-state index in [0.717, 1.165) is 21.9 Å². The van der Waals surface area contributed by atoms with Gasteiger partial charge in [-0.2, -0.15) is 0 Å². The maximum absolute atomic E-state index is 12.1. The monoisotopic (exact) mass is 1810 g/mol. The molecule has 686 valence electrons. The lowest BCUT2D eigenvalue weighted by Gasteiger charge is -2.46. The summed E-state index contributed by atoms with van der Waals surface area (Å²) in [7, 11) is 0. The van der Waals surface area contributed by atoms with Crippen molar-refractivity contribution < 1.29 is 46.6 Å². The molecular weight excluding hydrogens is 1640 g/mol. The van der Waals surface area contributed by atoms with Gasteiger partial charge >= 0.3 is 0 Å². The third-order valence-electron chi connectivity index (χ3n) is 26.6. The maximum atomic E-state index is 12.1. The Labute approximate surface area is 858 Å². The molecule has 0 unspecified atom stereocenters. The fourth-order valence-electron chi connectivity index (χ4n) is 18.9. The molecule has 3 aromatic heterocycles. The van der Waals surface area contributed by atoms with Gasteiger partial charge in [0.2, 0.25) is 0 Å². The number of anilines is 6. The van der Waals surface area contributed by atoms with E-state index in [1.54, 1.807) is 177 Å². The normalized spacial score (nSPS) is 17.3. The quantitative estimate of drug-likeness (QED) is 0.134. The molecule has 0 aliphatic carbocycles. The topological polar surface area (TPSA) is 21.3 Å². The van der Waals surface area contributed by atoms with Crippen LogP contribution in [0.2, 0.25) is 0 Å². The highest BCUT2D eigenvalue weighted by molar-refractivity contribution is 7.00. The smallest absolute Gasteiger partial charge is 0.252 e. The van der Waals surface area contributed by atoms with Crippen molar-refractivity contribution in [3.63, 3.8) is 0 Å². The van der Waals surface area contributed by atoms with Crippen LogP contribution in [0.4, 0.5) is 34.1 Å². The van der Waals surface area contributed by atoms with Crippen molar-refractivity contribution in [3.05, 3.63) is 346 Å². The molecule has 15 aromatic carbocycles. The van der Waals surface area contributed by atoms with Crippen LogP contribution >= 0.6 is 0 Å². The second-order valence-electron chi connectivity index (χ2n) is 47.3. The summed E-state index contributed by atoms with van der Waals surface area (Å²) in [6, 6.07) is 1.67. The zero-order valence-corrected chi connectivity index (χ0v) is 83.9. The zero-order chi connectivity index (χ0) is 126. The average Bonchev–Trinajstić information content (AvgIpc) is 0.954. The Balaban J connectivity index is 1.19. The van der Waals surface area contributed by atoms with Crippen LogP contribution in [0.3, 0.4) is 0 Å². The molecule has 5 heterocycles. The zero-order valence-electron chi connectivity index (χ0n) is 118. The summed E-state index contributed by atoms with van der Waals surface area (Å²) in [4.78, 5) is 3.09. The number of hydrogen-bond donors (Lipinski definition) is 0. The SMILES string of the molecule is [2H]c1c([2H])c(C(C)(C)C)c([2H])c([2H])c1-c1c([2H])c(C(C)(C)C)c([2H])c(-c2c([2H])c(C(C)(C)C)c([2H])c(C(C)(C)C)c2[2H])c1N1c2cc(-n3c4c([2H])c([2H])c([2H])c([2H])c4c4c([2H])c([2H])c([2H])c([2H])c43)ccc2B2c3ccc(-n4c5ccc(C(C)(C)C)cc5c5cc(C(C)(C)C)ccc54)cc3N(c3c(-c4c([2H])c([2H])c(C(C)(C)C)c([2H])c4[2H])c([2H])c(C(C)(C)C)c([2H])c3-c3c([2H])c([2H])c(C(C)(C)C)c([2H])c3C(C)(C)C)c3cc(-n4c5c([2H])c([2H])c([2H])c([2H])c5c5c([2H])c([2H])c([2H])c([2H])c54)cc1c32. The van der Waals surface area contributed by atoms with Crippen LogP contribution in [0, 0.1) is 0 Å². The molecule has 0 spiro atoms. The molecule has 6 heteroatoms. The molecule has 0 N–H and O–H groups in total. The molecule has 0 saturated carbocycles. The minimum absolute atomic E-state index is 0.0000656. The Morgan fingerprint density at radius 2 is 0.522 bits per heavy atom. The van der Waals surface area contributed by atoms with Gasteiger partial charge in [0, 0.05) is 88.7 Å². The highest BCUT2D eigenvalue weighted by Gasteiger charge is 2.48. The van der Waals surface area contributed by atoms with Gasteiger partial charge in [0.1, 0.15) is 0 Å². The summed E-state index contributed by atoms with van der Waals surface area (Å²) in [5.74, 6) is 0. The second-order valence-corrected chi connectivity index (χ2v) is 47.3. The maximum Gasteiger partial charge on any atom is 0.252 e. The predicted octanol–water partition coefficient (Wildman–Crippen LogP) is 34.7.